The topological polar surface area (TPSA) is 34.1 Å². The number of benzene rings is 2. The van der Waals surface area contributed by atoms with Crippen LogP contribution in [0.15, 0.2) is 64.6 Å². The third-order valence-corrected chi connectivity index (χ3v) is 5.72. The van der Waals surface area contributed by atoms with E-state index in [-0.39, 0.29) is 5.54 Å². The van der Waals surface area contributed by atoms with Gasteiger partial charge in [-0.05, 0) is 37.8 Å². The lowest BCUT2D eigenvalue weighted by molar-refractivity contribution is 0.00862. The van der Waals surface area contributed by atoms with E-state index in [4.69, 9.17) is 9.57 Å². The van der Waals surface area contributed by atoms with Gasteiger partial charge in [0.15, 0.2) is 0 Å². The van der Waals surface area contributed by atoms with Gasteiger partial charge in [0.25, 0.3) is 0 Å². The van der Waals surface area contributed by atoms with Crippen LogP contribution in [-0.2, 0) is 16.2 Å². The third-order valence-electron chi connectivity index (χ3n) is 4.97. The molecule has 0 N–H and O–H groups in total. The minimum absolute atomic E-state index is 0.249. The van der Waals surface area contributed by atoms with E-state index in [0.29, 0.717) is 6.61 Å². The van der Waals surface area contributed by atoms with Gasteiger partial charge in [0.2, 0.25) is 0 Å². The summed E-state index contributed by atoms with van der Waals surface area (Å²) < 4.78 is 5.53. The first-order chi connectivity index (χ1) is 13.1. The number of hydrogen-bond donors (Lipinski definition) is 0. The monoisotopic (exact) mass is 384 g/mol. The highest BCUT2D eigenvalue weighted by atomic mass is 32.2. The molecule has 0 radical (unpaired) electrons. The minimum Gasteiger partial charge on any atom is -0.391 e. The number of nitrogens with zero attached hydrogens (tertiary/aromatic N) is 2. The fourth-order valence-corrected chi connectivity index (χ4v) is 3.69. The summed E-state index contributed by atoms with van der Waals surface area (Å²) in [5.74, 6) is 0. The van der Waals surface area contributed by atoms with Crippen LogP contribution in [0.5, 0.6) is 0 Å². The molecule has 27 heavy (non-hydrogen) atoms. The quantitative estimate of drug-likeness (QED) is 0.401. The van der Waals surface area contributed by atoms with E-state index < -0.39 is 0 Å². The maximum Gasteiger partial charge on any atom is 0.142 e. The van der Waals surface area contributed by atoms with Crippen LogP contribution in [0.1, 0.15) is 25.0 Å². The van der Waals surface area contributed by atoms with Crippen LogP contribution in [0.3, 0.4) is 0 Å². The van der Waals surface area contributed by atoms with Crippen molar-refractivity contribution in [2.24, 2.45) is 5.16 Å². The second kappa shape index (κ2) is 9.40. The van der Waals surface area contributed by atoms with E-state index in [2.05, 4.69) is 66.6 Å². The minimum atomic E-state index is -0.249. The Hall–Kier alpha value is -1.82. The Kier molecular flexibility index (Phi) is 6.94. The van der Waals surface area contributed by atoms with E-state index in [1.807, 2.05) is 18.2 Å². The zero-order chi connectivity index (χ0) is 19.1. The standard InChI is InChI=1S/C22H28N2O2S/c1-22(2,24-13-15-25-16-14-24)21(19-9-11-20(27-3)12-10-19)23-26-17-18-7-5-4-6-8-18/h4-12H,13-17H2,1-3H3. The average Bonchev–Trinajstić information content (AvgIpc) is 2.73. The lowest BCUT2D eigenvalue weighted by atomic mass is 9.90. The van der Waals surface area contributed by atoms with E-state index in [9.17, 15) is 0 Å². The second-order valence-corrected chi connectivity index (χ2v) is 7.97. The van der Waals surface area contributed by atoms with E-state index in [0.717, 1.165) is 43.1 Å². The molecule has 1 aliphatic rings. The van der Waals surface area contributed by atoms with Crippen molar-refractivity contribution in [3.8, 4) is 0 Å². The molecular weight excluding hydrogens is 356 g/mol. The molecular formula is C22H28N2O2S. The van der Waals surface area contributed by atoms with Crippen LogP contribution in [0.25, 0.3) is 0 Å². The first kappa shape index (κ1) is 19.9. The van der Waals surface area contributed by atoms with Gasteiger partial charge in [-0.2, -0.15) is 0 Å². The van der Waals surface area contributed by atoms with Gasteiger partial charge in [0.05, 0.1) is 18.8 Å². The molecule has 0 aromatic heterocycles. The molecule has 0 bridgehead atoms. The van der Waals surface area contributed by atoms with Crippen molar-refractivity contribution in [1.82, 2.24) is 4.90 Å². The molecule has 2 aromatic rings. The molecule has 4 nitrogen and oxygen atoms in total. The molecule has 5 heteroatoms. The molecule has 3 rings (SSSR count). The number of hydrogen-bond acceptors (Lipinski definition) is 5. The Morgan fingerprint density at radius 2 is 1.74 bits per heavy atom. The Bertz CT molecular complexity index is 739. The highest BCUT2D eigenvalue weighted by molar-refractivity contribution is 7.98. The van der Waals surface area contributed by atoms with Crippen LogP contribution in [-0.4, -0.2) is 48.7 Å². The van der Waals surface area contributed by atoms with Gasteiger partial charge < -0.3 is 9.57 Å². The second-order valence-electron chi connectivity index (χ2n) is 7.09. The maximum absolute atomic E-state index is 5.79. The molecule has 0 atom stereocenters. The predicted molar refractivity (Wildman–Crippen MR) is 112 cm³/mol. The lowest BCUT2D eigenvalue weighted by Crippen LogP contribution is -2.54. The largest absolute Gasteiger partial charge is 0.391 e. The molecule has 0 saturated carbocycles. The predicted octanol–water partition coefficient (Wildman–Crippen LogP) is 4.44. The smallest absolute Gasteiger partial charge is 0.142 e. The van der Waals surface area contributed by atoms with E-state index >= 15 is 0 Å². The molecule has 0 spiro atoms. The van der Waals surface area contributed by atoms with E-state index in [1.54, 1.807) is 11.8 Å². The van der Waals surface area contributed by atoms with E-state index in [1.165, 1.54) is 4.90 Å². The summed E-state index contributed by atoms with van der Waals surface area (Å²) in [6.07, 6.45) is 2.09. The van der Waals surface area contributed by atoms with Gasteiger partial charge in [0, 0.05) is 23.5 Å². The van der Waals surface area contributed by atoms with Gasteiger partial charge >= 0.3 is 0 Å². The van der Waals surface area contributed by atoms with Crippen LogP contribution < -0.4 is 0 Å². The zero-order valence-electron chi connectivity index (χ0n) is 16.4. The molecule has 0 unspecified atom stereocenters. The van der Waals surface area contributed by atoms with Crippen LogP contribution in [0.2, 0.25) is 0 Å². The van der Waals surface area contributed by atoms with Crippen molar-refractivity contribution in [2.75, 3.05) is 32.6 Å². The summed E-state index contributed by atoms with van der Waals surface area (Å²) in [7, 11) is 0. The lowest BCUT2D eigenvalue weighted by Gasteiger charge is -2.41. The Morgan fingerprint density at radius 1 is 1.07 bits per heavy atom. The molecule has 1 aliphatic heterocycles. The first-order valence-electron chi connectivity index (χ1n) is 9.33. The molecule has 1 fully saturated rings. The Morgan fingerprint density at radius 3 is 2.37 bits per heavy atom. The Balaban J connectivity index is 1.85. The fraction of sp³-hybridized carbons (Fsp3) is 0.409. The van der Waals surface area contributed by atoms with Crippen LogP contribution in [0.4, 0.5) is 0 Å². The normalized spacial score (nSPS) is 16.3. The van der Waals surface area contributed by atoms with Crippen molar-refractivity contribution >= 4 is 17.5 Å². The molecule has 1 heterocycles. The van der Waals surface area contributed by atoms with Gasteiger partial charge in [-0.1, -0.05) is 47.6 Å². The van der Waals surface area contributed by atoms with Crippen LogP contribution >= 0.6 is 11.8 Å². The van der Waals surface area contributed by atoms with Gasteiger partial charge in [-0.25, -0.2) is 0 Å². The zero-order valence-corrected chi connectivity index (χ0v) is 17.2. The van der Waals surface area contributed by atoms with Gasteiger partial charge in [0.1, 0.15) is 12.3 Å². The van der Waals surface area contributed by atoms with Gasteiger partial charge in [-0.3, -0.25) is 4.90 Å². The van der Waals surface area contributed by atoms with Crippen molar-refractivity contribution in [3.05, 3.63) is 65.7 Å². The summed E-state index contributed by atoms with van der Waals surface area (Å²) in [6, 6.07) is 18.7. The number of thioether (sulfide) groups is 1. The molecule has 2 aromatic carbocycles. The van der Waals surface area contributed by atoms with Crippen LogP contribution in [0, 0.1) is 0 Å². The number of ether oxygens (including phenoxy) is 1. The summed E-state index contributed by atoms with van der Waals surface area (Å²) in [4.78, 5) is 9.46. The number of oxime groups is 1. The Labute approximate surface area is 166 Å². The average molecular weight is 385 g/mol. The van der Waals surface area contributed by atoms with Gasteiger partial charge in [-0.15, -0.1) is 11.8 Å². The summed E-state index contributed by atoms with van der Waals surface area (Å²) >= 11 is 1.74. The summed E-state index contributed by atoms with van der Waals surface area (Å²) in [5.41, 5.74) is 2.91. The highest BCUT2D eigenvalue weighted by Gasteiger charge is 2.35. The maximum atomic E-state index is 5.79. The molecule has 0 amide bonds. The fourth-order valence-electron chi connectivity index (χ4n) is 3.28. The number of rotatable bonds is 7. The third kappa shape index (κ3) is 5.12. The number of morpholine rings is 1. The summed E-state index contributed by atoms with van der Waals surface area (Å²) in [6.45, 7) is 8.20. The molecule has 0 aliphatic carbocycles. The van der Waals surface area contributed by atoms with Crippen molar-refractivity contribution in [3.63, 3.8) is 0 Å². The van der Waals surface area contributed by atoms with Crippen molar-refractivity contribution < 1.29 is 9.57 Å². The SMILES string of the molecule is CSc1ccc(C(=NOCc2ccccc2)C(C)(C)N2CCOCC2)cc1. The summed E-state index contributed by atoms with van der Waals surface area (Å²) in [5, 5.41) is 4.62. The highest BCUT2D eigenvalue weighted by Crippen LogP contribution is 2.25. The molecule has 1 saturated heterocycles. The van der Waals surface area contributed by atoms with Crippen molar-refractivity contribution in [1.29, 1.82) is 0 Å². The molecule has 144 valence electrons. The van der Waals surface area contributed by atoms with Crippen molar-refractivity contribution in [2.45, 2.75) is 30.9 Å². The first-order valence-corrected chi connectivity index (χ1v) is 10.6.